The van der Waals surface area contributed by atoms with Gasteiger partial charge < -0.3 is 20.3 Å². The second-order valence-corrected chi connectivity index (χ2v) is 6.94. The van der Waals surface area contributed by atoms with Crippen molar-refractivity contribution in [2.75, 3.05) is 19.8 Å². The zero-order chi connectivity index (χ0) is 17.1. The van der Waals surface area contributed by atoms with E-state index in [1.54, 1.807) is 18.3 Å². The van der Waals surface area contributed by atoms with Gasteiger partial charge in [-0.15, -0.1) is 11.3 Å². The second-order valence-electron chi connectivity index (χ2n) is 5.86. The van der Waals surface area contributed by atoms with Crippen molar-refractivity contribution in [2.24, 2.45) is 0 Å². The number of nitrogens with one attached hydrogen (secondary N) is 1. The molecule has 1 aliphatic carbocycles. The number of amides is 1. The lowest BCUT2D eigenvalue weighted by Crippen LogP contribution is -2.31. The molecule has 3 rings (SSSR count). The van der Waals surface area contributed by atoms with Gasteiger partial charge in [-0.3, -0.25) is 4.79 Å². The van der Waals surface area contributed by atoms with Crippen LogP contribution >= 0.6 is 11.3 Å². The summed E-state index contributed by atoms with van der Waals surface area (Å²) in [6, 6.07) is 7.98. The van der Waals surface area contributed by atoms with E-state index in [4.69, 9.17) is 9.84 Å². The molecule has 1 amide bonds. The van der Waals surface area contributed by atoms with E-state index in [0.29, 0.717) is 5.75 Å². The molecule has 0 bridgehead atoms. The van der Waals surface area contributed by atoms with E-state index in [9.17, 15) is 9.90 Å². The van der Waals surface area contributed by atoms with Crippen LogP contribution in [0.1, 0.15) is 29.0 Å². The molecule has 0 aliphatic heterocycles. The van der Waals surface area contributed by atoms with E-state index in [2.05, 4.69) is 11.4 Å². The molecule has 24 heavy (non-hydrogen) atoms. The summed E-state index contributed by atoms with van der Waals surface area (Å²) in [6.45, 7) is 1.88. The van der Waals surface area contributed by atoms with Gasteiger partial charge in [-0.25, -0.2) is 0 Å². The maximum Gasteiger partial charge on any atom is 0.258 e. The van der Waals surface area contributed by atoms with Gasteiger partial charge in [0.05, 0.1) is 12.7 Å². The minimum absolute atomic E-state index is 0.0603. The molecule has 0 saturated carbocycles. The van der Waals surface area contributed by atoms with Gasteiger partial charge in [-0.1, -0.05) is 0 Å². The van der Waals surface area contributed by atoms with Gasteiger partial charge in [-0.2, -0.15) is 0 Å². The zero-order valence-corrected chi connectivity index (χ0v) is 14.4. The molecule has 1 aromatic carbocycles. The summed E-state index contributed by atoms with van der Waals surface area (Å²) >= 11 is 1.64. The molecule has 6 heteroatoms. The summed E-state index contributed by atoms with van der Waals surface area (Å²) in [5.74, 6) is 0.424. The van der Waals surface area contributed by atoms with Crippen LogP contribution in [0.2, 0.25) is 0 Å². The Balaban J connectivity index is 1.74. The number of fused-ring (bicyclic) bond motifs is 3. The van der Waals surface area contributed by atoms with Crippen LogP contribution in [0.5, 0.6) is 5.75 Å². The first-order chi connectivity index (χ1) is 11.6. The van der Waals surface area contributed by atoms with Crippen LogP contribution in [0.25, 0.3) is 10.4 Å². The highest BCUT2D eigenvalue weighted by Crippen LogP contribution is 2.42. The molecule has 5 nitrogen and oxygen atoms in total. The van der Waals surface area contributed by atoms with Crippen molar-refractivity contribution in [3.05, 3.63) is 40.3 Å². The molecular weight excluding hydrogens is 326 g/mol. The Bertz CT molecular complexity index is 739. The third-order valence-corrected chi connectivity index (χ3v) is 5.41. The van der Waals surface area contributed by atoms with E-state index in [1.165, 1.54) is 21.6 Å². The molecule has 0 saturated heterocycles. The van der Waals surface area contributed by atoms with Crippen molar-refractivity contribution >= 4 is 17.2 Å². The summed E-state index contributed by atoms with van der Waals surface area (Å²) < 4.78 is 5.53. The monoisotopic (exact) mass is 347 g/mol. The van der Waals surface area contributed by atoms with Crippen molar-refractivity contribution in [3.63, 3.8) is 0 Å². The number of thiophene rings is 1. The third-order valence-electron chi connectivity index (χ3n) is 4.03. The Morgan fingerprint density at radius 2 is 2.12 bits per heavy atom. The molecule has 1 aliphatic rings. The molecule has 1 unspecified atom stereocenters. The maximum absolute atomic E-state index is 11.5. The highest BCUT2D eigenvalue weighted by Gasteiger charge is 2.21. The molecule has 0 radical (unpaired) electrons. The number of carbonyl (C=O) groups is 1. The van der Waals surface area contributed by atoms with Gasteiger partial charge >= 0.3 is 0 Å². The first-order valence-electron chi connectivity index (χ1n) is 8.03. The minimum atomic E-state index is -0.441. The van der Waals surface area contributed by atoms with Crippen LogP contribution in [0.4, 0.5) is 0 Å². The van der Waals surface area contributed by atoms with E-state index in [0.717, 1.165) is 17.7 Å². The smallest absolute Gasteiger partial charge is 0.258 e. The van der Waals surface area contributed by atoms with Crippen molar-refractivity contribution < 1.29 is 19.7 Å². The predicted octanol–water partition coefficient (Wildman–Crippen LogP) is 2.05. The molecular formula is C18H21NO4S. The number of ether oxygens (including phenoxy) is 1. The quantitative estimate of drug-likeness (QED) is 0.747. The highest BCUT2D eigenvalue weighted by atomic mass is 32.1. The van der Waals surface area contributed by atoms with Crippen LogP contribution in [-0.2, 0) is 17.6 Å². The maximum atomic E-state index is 11.5. The second kappa shape index (κ2) is 7.34. The number of rotatable bonds is 6. The van der Waals surface area contributed by atoms with E-state index in [-0.39, 0.29) is 25.7 Å². The number of hydrogen-bond acceptors (Lipinski definition) is 5. The number of aliphatic hydroxyl groups excluding tert-OH is 2. The average molecular weight is 347 g/mol. The van der Waals surface area contributed by atoms with Gasteiger partial charge in [0, 0.05) is 16.3 Å². The molecule has 3 N–H and O–H groups in total. The largest absolute Gasteiger partial charge is 0.484 e. The Labute approximate surface area is 144 Å². The highest BCUT2D eigenvalue weighted by molar-refractivity contribution is 7.15. The zero-order valence-electron chi connectivity index (χ0n) is 13.5. The van der Waals surface area contributed by atoms with Gasteiger partial charge in [0.1, 0.15) is 5.75 Å². The number of hydrogen-bond donors (Lipinski definition) is 3. The van der Waals surface area contributed by atoms with Crippen molar-refractivity contribution in [1.82, 2.24) is 5.32 Å². The average Bonchev–Trinajstić information content (AvgIpc) is 3.02. The van der Waals surface area contributed by atoms with Crippen molar-refractivity contribution in [2.45, 2.75) is 25.9 Å². The fourth-order valence-corrected chi connectivity index (χ4v) is 4.03. The topological polar surface area (TPSA) is 78.8 Å². The summed E-state index contributed by atoms with van der Waals surface area (Å²) in [5, 5.41) is 21.0. The summed E-state index contributed by atoms with van der Waals surface area (Å²) in [6.07, 6.45) is 1.43. The van der Waals surface area contributed by atoms with E-state index in [1.807, 2.05) is 18.2 Å². The summed E-state index contributed by atoms with van der Waals surface area (Å²) in [7, 11) is 0. The lowest BCUT2D eigenvalue weighted by molar-refractivity contribution is -0.123. The normalized spacial score (nSPS) is 13.8. The van der Waals surface area contributed by atoms with Crippen LogP contribution in [-0.4, -0.2) is 35.9 Å². The molecule has 2 aromatic rings. The van der Waals surface area contributed by atoms with Gasteiger partial charge in [0.2, 0.25) is 0 Å². The standard InChI is InChI=1S/C18H21NO4S/c1-11(21)16-9-13-3-2-12-8-14(4-5-15(12)18(13)24-16)23-10-17(22)19-6-7-20/h4-5,8-9,11,20-21H,2-3,6-7,10H2,1H3,(H,19,22). The Morgan fingerprint density at radius 1 is 1.33 bits per heavy atom. The van der Waals surface area contributed by atoms with Crippen LogP contribution in [0.3, 0.4) is 0 Å². The molecule has 0 fully saturated rings. The predicted molar refractivity (Wildman–Crippen MR) is 93.4 cm³/mol. The molecule has 128 valence electrons. The van der Waals surface area contributed by atoms with Crippen LogP contribution in [0, 0.1) is 0 Å². The lowest BCUT2D eigenvalue weighted by atomic mass is 9.91. The lowest BCUT2D eigenvalue weighted by Gasteiger charge is -2.17. The Morgan fingerprint density at radius 3 is 2.88 bits per heavy atom. The van der Waals surface area contributed by atoms with E-state index >= 15 is 0 Å². The minimum Gasteiger partial charge on any atom is -0.484 e. The van der Waals surface area contributed by atoms with Crippen LogP contribution < -0.4 is 10.1 Å². The molecule has 1 aromatic heterocycles. The van der Waals surface area contributed by atoms with Crippen molar-refractivity contribution in [3.8, 4) is 16.2 Å². The summed E-state index contributed by atoms with van der Waals surface area (Å²) in [5.41, 5.74) is 3.68. The molecule has 1 atom stereocenters. The first-order valence-corrected chi connectivity index (χ1v) is 8.84. The van der Waals surface area contributed by atoms with Gasteiger partial charge in [0.25, 0.3) is 5.91 Å². The number of aryl methyl sites for hydroxylation is 2. The SMILES string of the molecule is CC(O)c1cc2c(s1)-c1ccc(OCC(=O)NCCO)cc1CC2. The number of aliphatic hydroxyl groups is 2. The fourth-order valence-electron chi connectivity index (χ4n) is 2.82. The fraction of sp³-hybridized carbons (Fsp3) is 0.389. The number of carbonyl (C=O) groups excluding carboxylic acids is 1. The summed E-state index contributed by atoms with van der Waals surface area (Å²) in [4.78, 5) is 13.7. The van der Waals surface area contributed by atoms with Gasteiger partial charge in [0.15, 0.2) is 6.61 Å². The third kappa shape index (κ3) is 3.61. The Kier molecular flexibility index (Phi) is 5.18. The van der Waals surface area contributed by atoms with E-state index < -0.39 is 6.10 Å². The first kappa shape index (κ1) is 17.0. The van der Waals surface area contributed by atoms with Crippen molar-refractivity contribution in [1.29, 1.82) is 0 Å². The van der Waals surface area contributed by atoms with Crippen LogP contribution in [0.15, 0.2) is 24.3 Å². The number of benzene rings is 1. The molecule has 0 spiro atoms. The van der Waals surface area contributed by atoms with Gasteiger partial charge in [-0.05, 0) is 60.7 Å². The Hall–Kier alpha value is -1.89. The molecule has 1 heterocycles.